The number of carbonyl (C=O) groups is 2. The van der Waals surface area contributed by atoms with Crippen molar-refractivity contribution in [1.82, 2.24) is 0 Å². The van der Waals surface area contributed by atoms with E-state index in [1.165, 1.54) is 30.8 Å². The Kier molecular flexibility index (Phi) is 5.33. The van der Waals surface area contributed by atoms with Crippen LogP contribution >= 0.6 is 11.8 Å². The van der Waals surface area contributed by atoms with Crippen molar-refractivity contribution in [3.05, 3.63) is 59.9 Å². The fourth-order valence-electron chi connectivity index (χ4n) is 1.83. The van der Waals surface area contributed by atoms with Crippen LogP contribution in [0, 0.1) is 5.82 Å². The second-order valence-corrected chi connectivity index (χ2v) is 6.25. The van der Waals surface area contributed by atoms with E-state index in [0.717, 1.165) is 4.90 Å². The molecule has 5 heteroatoms. The first-order chi connectivity index (χ1) is 10.5. The first kappa shape index (κ1) is 16.2. The molecule has 114 valence electrons. The number of halogens is 1. The third-order valence-electron chi connectivity index (χ3n) is 3.03. The first-order valence-electron chi connectivity index (χ1n) is 6.80. The highest BCUT2D eigenvalue weighted by atomic mass is 32.2. The van der Waals surface area contributed by atoms with Crippen LogP contribution in [-0.2, 0) is 4.79 Å². The number of anilines is 1. The molecule has 0 aliphatic carbocycles. The number of benzene rings is 2. The summed E-state index contributed by atoms with van der Waals surface area (Å²) in [7, 11) is 0. The molecular formula is C17H16FNO2S. The van der Waals surface area contributed by atoms with Gasteiger partial charge in [-0.25, -0.2) is 4.39 Å². The first-order valence-corrected chi connectivity index (χ1v) is 7.68. The van der Waals surface area contributed by atoms with Gasteiger partial charge in [-0.05, 0) is 50.2 Å². The van der Waals surface area contributed by atoms with Crippen molar-refractivity contribution < 1.29 is 14.0 Å². The summed E-state index contributed by atoms with van der Waals surface area (Å²) in [6, 6.07) is 12.8. The van der Waals surface area contributed by atoms with Gasteiger partial charge in [-0.3, -0.25) is 9.59 Å². The fourth-order valence-corrected chi connectivity index (χ4v) is 2.70. The lowest BCUT2D eigenvalue weighted by Gasteiger charge is -2.12. The molecule has 0 saturated carbocycles. The number of amides is 1. The molecule has 2 aromatic carbocycles. The lowest BCUT2D eigenvalue weighted by Crippen LogP contribution is -2.22. The van der Waals surface area contributed by atoms with Gasteiger partial charge < -0.3 is 5.32 Å². The SMILES string of the molecule is CC(=O)c1cccc(NC(=O)[C@@H](C)Sc2ccc(F)cc2)c1. The second kappa shape index (κ2) is 7.22. The summed E-state index contributed by atoms with van der Waals surface area (Å²) in [4.78, 5) is 24.3. The normalized spacial score (nSPS) is 11.8. The molecule has 0 fully saturated rings. The fraction of sp³-hybridized carbons (Fsp3) is 0.176. The van der Waals surface area contributed by atoms with Crippen LogP contribution in [0.3, 0.4) is 0 Å². The largest absolute Gasteiger partial charge is 0.325 e. The summed E-state index contributed by atoms with van der Waals surface area (Å²) in [6.45, 7) is 3.26. The summed E-state index contributed by atoms with van der Waals surface area (Å²) in [5.41, 5.74) is 1.14. The Morgan fingerprint density at radius 3 is 2.45 bits per heavy atom. The van der Waals surface area contributed by atoms with E-state index in [9.17, 15) is 14.0 Å². The number of rotatable bonds is 5. The summed E-state index contributed by atoms with van der Waals surface area (Å²) in [5.74, 6) is -0.526. The van der Waals surface area contributed by atoms with Gasteiger partial charge in [-0.15, -0.1) is 11.8 Å². The Bertz CT molecular complexity index is 685. The molecule has 0 aliphatic rings. The van der Waals surface area contributed by atoms with Crippen molar-refractivity contribution in [2.24, 2.45) is 0 Å². The van der Waals surface area contributed by atoms with Crippen molar-refractivity contribution in [1.29, 1.82) is 0 Å². The highest BCUT2D eigenvalue weighted by Crippen LogP contribution is 2.24. The van der Waals surface area contributed by atoms with Crippen molar-refractivity contribution >= 4 is 29.1 Å². The molecule has 0 bridgehead atoms. The maximum Gasteiger partial charge on any atom is 0.237 e. The lowest BCUT2D eigenvalue weighted by atomic mass is 10.1. The van der Waals surface area contributed by atoms with Crippen LogP contribution < -0.4 is 5.32 Å². The highest BCUT2D eigenvalue weighted by Gasteiger charge is 2.15. The summed E-state index contributed by atoms with van der Waals surface area (Å²) >= 11 is 1.34. The summed E-state index contributed by atoms with van der Waals surface area (Å²) in [5, 5.41) is 2.44. The van der Waals surface area contributed by atoms with Crippen LogP contribution in [0.5, 0.6) is 0 Å². The Balaban J connectivity index is 2.00. The predicted octanol–water partition coefficient (Wildman–Crippen LogP) is 4.15. The van der Waals surface area contributed by atoms with Crippen LogP contribution in [0.4, 0.5) is 10.1 Å². The molecule has 3 nitrogen and oxygen atoms in total. The summed E-state index contributed by atoms with van der Waals surface area (Å²) in [6.07, 6.45) is 0. The number of hydrogen-bond acceptors (Lipinski definition) is 3. The number of Topliss-reactive ketones (excluding diaryl/α,β-unsaturated/α-hetero) is 1. The second-order valence-electron chi connectivity index (χ2n) is 4.84. The quantitative estimate of drug-likeness (QED) is 0.665. The highest BCUT2D eigenvalue weighted by molar-refractivity contribution is 8.00. The van der Waals surface area contributed by atoms with Crippen molar-refractivity contribution in [2.75, 3.05) is 5.32 Å². The molecule has 2 rings (SSSR count). The molecule has 2 aromatic rings. The Morgan fingerprint density at radius 1 is 1.14 bits per heavy atom. The van der Waals surface area contributed by atoms with Crippen LogP contribution in [-0.4, -0.2) is 16.9 Å². The number of thioether (sulfide) groups is 1. The van der Waals surface area contributed by atoms with Crippen molar-refractivity contribution in [3.8, 4) is 0 Å². The van der Waals surface area contributed by atoms with Gasteiger partial charge in [0.1, 0.15) is 5.82 Å². The average molecular weight is 317 g/mol. The van der Waals surface area contributed by atoms with Crippen LogP contribution in [0.2, 0.25) is 0 Å². The van der Waals surface area contributed by atoms with Crippen LogP contribution in [0.15, 0.2) is 53.4 Å². The maximum atomic E-state index is 12.9. The number of ketones is 1. The van der Waals surface area contributed by atoms with Gasteiger partial charge >= 0.3 is 0 Å². The van der Waals surface area contributed by atoms with E-state index in [0.29, 0.717) is 11.3 Å². The van der Waals surface area contributed by atoms with Gasteiger partial charge in [-0.1, -0.05) is 12.1 Å². The third kappa shape index (κ3) is 4.43. The molecular weight excluding hydrogens is 301 g/mol. The minimum atomic E-state index is -0.341. The van der Waals surface area contributed by atoms with E-state index in [-0.39, 0.29) is 22.8 Å². The Hall–Kier alpha value is -2.14. The topological polar surface area (TPSA) is 46.2 Å². The molecule has 0 aromatic heterocycles. The van der Waals surface area contributed by atoms with E-state index in [1.54, 1.807) is 43.3 Å². The van der Waals surface area contributed by atoms with Crippen LogP contribution in [0.25, 0.3) is 0 Å². The number of carbonyl (C=O) groups excluding carboxylic acids is 2. The van der Waals surface area contributed by atoms with Crippen molar-refractivity contribution in [2.45, 2.75) is 24.0 Å². The van der Waals surface area contributed by atoms with Gasteiger partial charge in [0, 0.05) is 16.1 Å². The van der Waals surface area contributed by atoms with Crippen molar-refractivity contribution in [3.63, 3.8) is 0 Å². The van der Waals surface area contributed by atoms with Gasteiger partial charge in [0.25, 0.3) is 0 Å². The zero-order chi connectivity index (χ0) is 16.1. The molecule has 0 unspecified atom stereocenters. The van der Waals surface area contributed by atoms with E-state index < -0.39 is 0 Å². The molecule has 0 spiro atoms. The third-order valence-corrected chi connectivity index (χ3v) is 4.14. The predicted molar refractivity (Wildman–Crippen MR) is 86.8 cm³/mol. The molecule has 1 atom stereocenters. The molecule has 0 radical (unpaired) electrons. The average Bonchev–Trinajstić information content (AvgIpc) is 2.49. The molecule has 22 heavy (non-hydrogen) atoms. The Labute approximate surface area is 132 Å². The summed E-state index contributed by atoms with van der Waals surface area (Å²) < 4.78 is 12.9. The molecule has 1 amide bonds. The minimum Gasteiger partial charge on any atom is -0.325 e. The van der Waals surface area contributed by atoms with Gasteiger partial charge in [0.2, 0.25) is 5.91 Å². The minimum absolute atomic E-state index is 0.0511. The van der Waals surface area contributed by atoms with Gasteiger partial charge in [0.15, 0.2) is 5.78 Å². The molecule has 0 aliphatic heterocycles. The number of nitrogens with one attached hydrogen (secondary N) is 1. The molecule has 1 N–H and O–H groups in total. The van der Waals surface area contributed by atoms with Crippen LogP contribution in [0.1, 0.15) is 24.2 Å². The number of hydrogen-bond donors (Lipinski definition) is 1. The zero-order valence-electron chi connectivity index (χ0n) is 12.3. The monoisotopic (exact) mass is 317 g/mol. The molecule has 0 saturated heterocycles. The van der Waals surface area contributed by atoms with E-state index in [2.05, 4.69) is 5.32 Å². The van der Waals surface area contributed by atoms with Gasteiger partial charge in [0.05, 0.1) is 5.25 Å². The van der Waals surface area contributed by atoms with E-state index >= 15 is 0 Å². The van der Waals surface area contributed by atoms with Gasteiger partial charge in [-0.2, -0.15) is 0 Å². The Morgan fingerprint density at radius 2 is 1.82 bits per heavy atom. The zero-order valence-corrected chi connectivity index (χ0v) is 13.1. The van der Waals surface area contributed by atoms with E-state index in [1.807, 2.05) is 0 Å². The van der Waals surface area contributed by atoms with E-state index in [4.69, 9.17) is 0 Å². The molecule has 0 heterocycles. The maximum absolute atomic E-state index is 12.9. The smallest absolute Gasteiger partial charge is 0.237 e. The lowest BCUT2D eigenvalue weighted by molar-refractivity contribution is -0.115. The standard InChI is InChI=1S/C17H16FNO2S/c1-11(20)13-4-3-5-15(10-13)19-17(21)12(2)22-16-8-6-14(18)7-9-16/h3-10,12H,1-2H3,(H,19,21)/t12-/m1/s1.